The van der Waals surface area contributed by atoms with Crippen molar-refractivity contribution in [3.05, 3.63) is 53.1 Å². The molecule has 2 atom stereocenters. The minimum absolute atomic E-state index is 0.0253. The summed E-state index contributed by atoms with van der Waals surface area (Å²) in [6.45, 7) is 4.52. The Morgan fingerprint density at radius 2 is 1.83 bits per heavy atom. The molecule has 1 amide bonds. The van der Waals surface area contributed by atoms with Crippen molar-refractivity contribution in [3.8, 4) is 5.75 Å². The van der Waals surface area contributed by atoms with E-state index in [2.05, 4.69) is 17.0 Å². The van der Waals surface area contributed by atoms with Gasteiger partial charge in [-0.2, -0.15) is 0 Å². The summed E-state index contributed by atoms with van der Waals surface area (Å²) in [7, 11) is -3.88. The summed E-state index contributed by atoms with van der Waals surface area (Å²) in [4.78, 5) is 12.8. The first-order valence-corrected chi connectivity index (χ1v) is 12.0. The highest BCUT2D eigenvalue weighted by molar-refractivity contribution is 7.92. The van der Waals surface area contributed by atoms with E-state index in [-0.39, 0.29) is 27.4 Å². The first-order chi connectivity index (χ1) is 14.3. The third kappa shape index (κ3) is 5.46. The highest BCUT2D eigenvalue weighted by Gasteiger charge is 2.25. The summed E-state index contributed by atoms with van der Waals surface area (Å²) < 4.78 is 33.5. The predicted octanol–water partition coefficient (Wildman–Crippen LogP) is 4.85. The van der Waals surface area contributed by atoms with Gasteiger partial charge >= 0.3 is 0 Å². The van der Waals surface area contributed by atoms with Crippen LogP contribution in [0.3, 0.4) is 0 Å². The average molecular weight is 451 g/mol. The third-order valence-corrected chi connectivity index (χ3v) is 7.05. The quantitative estimate of drug-likeness (QED) is 0.631. The fourth-order valence-electron chi connectivity index (χ4n) is 3.62. The lowest BCUT2D eigenvalue weighted by atomic mass is 9.86. The highest BCUT2D eigenvalue weighted by atomic mass is 35.5. The Kier molecular flexibility index (Phi) is 7.26. The van der Waals surface area contributed by atoms with Crippen LogP contribution < -0.4 is 14.8 Å². The number of amides is 1. The van der Waals surface area contributed by atoms with Crippen molar-refractivity contribution in [2.24, 2.45) is 5.92 Å². The van der Waals surface area contributed by atoms with Gasteiger partial charge in [-0.15, -0.1) is 0 Å². The zero-order valence-corrected chi connectivity index (χ0v) is 18.7. The molecular weight excluding hydrogens is 424 g/mol. The van der Waals surface area contributed by atoms with Crippen LogP contribution in [0.25, 0.3) is 0 Å². The molecule has 0 aliphatic heterocycles. The number of carbonyl (C=O) groups excluding carboxylic acids is 1. The molecule has 1 aliphatic carbocycles. The van der Waals surface area contributed by atoms with Gasteiger partial charge in [-0.05, 0) is 68.1 Å². The number of halogens is 1. The van der Waals surface area contributed by atoms with Crippen molar-refractivity contribution < 1.29 is 17.9 Å². The number of benzene rings is 2. The second kappa shape index (κ2) is 9.71. The monoisotopic (exact) mass is 450 g/mol. The lowest BCUT2D eigenvalue weighted by Gasteiger charge is -2.29. The van der Waals surface area contributed by atoms with Crippen molar-refractivity contribution in [1.29, 1.82) is 0 Å². The van der Waals surface area contributed by atoms with Gasteiger partial charge in [0.2, 0.25) is 0 Å². The Bertz CT molecular complexity index is 993. The molecule has 3 rings (SSSR count). The van der Waals surface area contributed by atoms with Crippen molar-refractivity contribution in [3.63, 3.8) is 0 Å². The molecule has 0 saturated heterocycles. The summed E-state index contributed by atoms with van der Waals surface area (Å²) in [5, 5.41) is 3.24. The zero-order valence-electron chi connectivity index (χ0n) is 17.2. The highest BCUT2D eigenvalue weighted by Crippen LogP contribution is 2.26. The molecule has 1 fully saturated rings. The summed E-state index contributed by atoms with van der Waals surface area (Å²) in [5.74, 6) is 0.689. The van der Waals surface area contributed by atoms with Crippen LogP contribution in [0, 0.1) is 5.92 Å². The van der Waals surface area contributed by atoms with E-state index in [9.17, 15) is 13.2 Å². The largest absolute Gasteiger partial charge is 0.494 e. The van der Waals surface area contributed by atoms with Gasteiger partial charge < -0.3 is 10.1 Å². The van der Waals surface area contributed by atoms with Gasteiger partial charge in [0.25, 0.3) is 15.9 Å². The van der Waals surface area contributed by atoms with Crippen LogP contribution in [0.4, 0.5) is 5.69 Å². The summed E-state index contributed by atoms with van der Waals surface area (Å²) >= 11 is 6.21. The molecule has 30 heavy (non-hydrogen) atoms. The van der Waals surface area contributed by atoms with E-state index in [4.69, 9.17) is 16.3 Å². The molecule has 6 nitrogen and oxygen atoms in total. The normalized spacial score (nSPS) is 19.2. The van der Waals surface area contributed by atoms with Crippen LogP contribution in [-0.2, 0) is 10.0 Å². The molecule has 8 heteroatoms. The summed E-state index contributed by atoms with van der Waals surface area (Å²) in [6, 6.07) is 10.8. The average Bonchev–Trinajstić information content (AvgIpc) is 2.71. The Morgan fingerprint density at radius 1 is 1.13 bits per heavy atom. The van der Waals surface area contributed by atoms with Crippen molar-refractivity contribution >= 4 is 33.2 Å². The Balaban J connectivity index is 1.78. The van der Waals surface area contributed by atoms with Gasteiger partial charge in [-0.3, -0.25) is 9.52 Å². The number of rotatable bonds is 7. The van der Waals surface area contributed by atoms with Gasteiger partial charge in [0, 0.05) is 11.7 Å². The third-order valence-electron chi connectivity index (χ3n) is 5.34. The molecule has 2 N–H and O–H groups in total. The van der Waals surface area contributed by atoms with Crippen LogP contribution in [0.5, 0.6) is 5.75 Å². The lowest BCUT2D eigenvalue weighted by molar-refractivity contribution is 0.0910. The molecule has 1 saturated carbocycles. The van der Waals surface area contributed by atoms with Crippen molar-refractivity contribution in [2.75, 3.05) is 11.3 Å². The van der Waals surface area contributed by atoms with E-state index in [1.165, 1.54) is 24.6 Å². The maximum absolute atomic E-state index is 12.8. The molecule has 2 aromatic rings. The second-order valence-electron chi connectivity index (χ2n) is 7.55. The van der Waals surface area contributed by atoms with Gasteiger partial charge in [0.1, 0.15) is 5.75 Å². The SMILES string of the molecule is CCOc1ccc(NS(=O)(=O)c2ccc(Cl)c(C(=O)N[C@H]3CCCC[C@@H]3C)c2)cc1. The molecule has 1 aliphatic rings. The van der Waals surface area contributed by atoms with Crippen LogP contribution in [0.1, 0.15) is 49.9 Å². The number of carbonyl (C=O) groups is 1. The topological polar surface area (TPSA) is 84.5 Å². The van der Waals surface area contributed by atoms with E-state index in [0.29, 0.717) is 24.0 Å². The smallest absolute Gasteiger partial charge is 0.261 e. The van der Waals surface area contributed by atoms with E-state index >= 15 is 0 Å². The van der Waals surface area contributed by atoms with Gasteiger partial charge in [0.15, 0.2) is 0 Å². The zero-order chi connectivity index (χ0) is 21.7. The maximum Gasteiger partial charge on any atom is 0.261 e. The van der Waals surface area contributed by atoms with Crippen molar-refractivity contribution in [2.45, 2.75) is 50.5 Å². The fourth-order valence-corrected chi connectivity index (χ4v) is 4.91. The van der Waals surface area contributed by atoms with E-state index in [1.54, 1.807) is 24.3 Å². The maximum atomic E-state index is 12.8. The summed E-state index contributed by atoms with van der Waals surface area (Å²) in [6.07, 6.45) is 4.23. The number of nitrogens with one attached hydrogen (secondary N) is 2. The van der Waals surface area contributed by atoms with Crippen LogP contribution >= 0.6 is 11.6 Å². The van der Waals surface area contributed by atoms with E-state index in [1.807, 2.05) is 6.92 Å². The number of hydrogen-bond donors (Lipinski definition) is 2. The standard InChI is InChI=1S/C22H27ClN2O4S/c1-3-29-17-10-8-16(9-11-17)25-30(27,28)18-12-13-20(23)19(14-18)22(26)24-21-7-5-4-6-15(21)2/h8-15,21,25H,3-7H2,1-2H3,(H,24,26)/t15-,21-/m0/s1. The number of hydrogen-bond acceptors (Lipinski definition) is 4. The molecule has 162 valence electrons. The van der Waals surface area contributed by atoms with Gasteiger partial charge in [-0.25, -0.2) is 8.42 Å². The predicted molar refractivity (Wildman–Crippen MR) is 119 cm³/mol. The molecule has 0 aromatic heterocycles. The minimum Gasteiger partial charge on any atom is -0.494 e. The molecule has 0 bridgehead atoms. The van der Waals surface area contributed by atoms with Crippen LogP contribution in [0.2, 0.25) is 5.02 Å². The fraction of sp³-hybridized carbons (Fsp3) is 0.409. The Hall–Kier alpha value is -2.25. The Labute approximate surface area is 183 Å². The Morgan fingerprint density at radius 3 is 2.50 bits per heavy atom. The first kappa shape index (κ1) is 22.4. The summed E-state index contributed by atoms with van der Waals surface area (Å²) in [5.41, 5.74) is 0.555. The van der Waals surface area contributed by atoms with E-state index in [0.717, 1.165) is 19.3 Å². The minimum atomic E-state index is -3.88. The van der Waals surface area contributed by atoms with Gasteiger partial charge in [0.05, 0.1) is 22.1 Å². The first-order valence-electron chi connectivity index (χ1n) is 10.2. The molecule has 0 radical (unpaired) electrons. The van der Waals surface area contributed by atoms with E-state index < -0.39 is 10.0 Å². The number of ether oxygens (including phenoxy) is 1. The van der Waals surface area contributed by atoms with Crippen molar-refractivity contribution in [1.82, 2.24) is 5.32 Å². The molecule has 0 unspecified atom stereocenters. The molecule has 2 aromatic carbocycles. The number of sulfonamides is 1. The van der Waals surface area contributed by atoms with Crippen LogP contribution in [0.15, 0.2) is 47.4 Å². The van der Waals surface area contributed by atoms with Crippen LogP contribution in [-0.4, -0.2) is 27.0 Å². The second-order valence-corrected chi connectivity index (χ2v) is 9.64. The number of anilines is 1. The molecule has 0 heterocycles. The molecular formula is C22H27ClN2O4S. The lowest BCUT2D eigenvalue weighted by Crippen LogP contribution is -2.41. The molecule has 0 spiro atoms. The van der Waals surface area contributed by atoms with Gasteiger partial charge in [-0.1, -0.05) is 31.4 Å².